The van der Waals surface area contributed by atoms with Crippen LogP contribution in [0, 0.1) is 0 Å². The average molecular weight is 186 g/mol. The molecule has 0 aliphatic heterocycles. The van der Waals surface area contributed by atoms with E-state index in [1.807, 2.05) is 0 Å². The van der Waals surface area contributed by atoms with E-state index < -0.39 is 6.25 Å². The highest BCUT2D eigenvalue weighted by Gasteiger charge is 2.26. The molecule has 0 radical (unpaired) electrons. The van der Waals surface area contributed by atoms with E-state index >= 15 is 0 Å². The quantitative estimate of drug-likeness (QED) is 0.450. The first kappa shape index (κ1) is 7.34. The monoisotopic (exact) mass is 184 g/mol. The van der Waals surface area contributed by atoms with Gasteiger partial charge in [-0.1, -0.05) is 33.2 Å². The molecule has 0 rings (SSSR count). The van der Waals surface area contributed by atoms with Gasteiger partial charge in [0.05, 0.1) is 11.9 Å². The molecule has 1 nitrogen and oxygen atoms in total. The number of halogens is 4. The highest BCUT2D eigenvalue weighted by atomic mass is 35.8. The van der Waals surface area contributed by atoms with Crippen LogP contribution in [0.3, 0.4) is 0 Å². The van der Waals surface area contributed by atoms with Gasteiger partial charge in [0.1, 0.15) is 0 Å². The highest BCUT2D eigenvalue weighted by Crippen LogP contribution is 2.21. The molecule has 0 aliphatic carbocycles. The molecule has 0 aromatic carbocycles. The zero-order valence-corrected chi connectivity index (χ0v) is 6.44. The lowest BCUT2D eigenvalue weighted by Crippen LogP contribution is -2.07. The third-order valence-corrected chi connectivity index (χ3v) is 2.36. The SMILES string of the molecule is ClO[Si](Cl)(Cl)Cl. The molecule has 0 N–H and O–H groups in total. The summed E-state index contributed by atoms with van der Waals surface area (Å²) in [6.07, 6.45) is -2.95. The molecule has 0 aliphatic rings. The lowest BCUT2D eigenvalue weighted by Gasteiger charge is -1.95. The average Bonchev–Trinajstić information content (AvgIpc) is 1.35. The summed E-state index contributed by atoms with van der Waals surface area (Å²) in [7, 11) is 0. The van der Waals surface area contributed by atoms with E-state index in [9.17, 15) is 0 Å². The molecule has 0 fully saturated rings. The molecular formula is Cl4OSi. The minimum Gasteiger partial charge on any atom is -0.275 e. The van der Waals surface area contributed by atoms with Crippen molar-refractivity contribution in [2.45, 2.75) is 0 Å². The van der Waals surface area contributed by atoms with Crippen molar-refractivity contribution in [3.63, 3.8) is 0 Å². The Balaban J connectivity index is 3.17. The highest BCUT2D eigenvalue weighted by molar-refractivity contribution is 7.62. The maximum Gasteiger partial charge on any atom is 0.510 e. The smallest absolute Gasteiger partial charge is 0.275 e. The van der Waals surface area contributed by atoms with Gasteiger partial charge in [-0.25, -0.2) is 0 Å². The van der Waals surface area contributed by atoms with E-state index in [0.29, 0.717) is 0 Å². The zero-order valence-electron chi connectivity index (χ0n) is 2.42. The van der Waals surface area contributed by atoms with Crippen molar-refractivity contribution in [1.82, 2.24) is 0 Å². The Kier molecular flexibility index (Phi) is 3.18. The van der Waals surface area contributed by atoms with Gasteiger partial charge in [0.2, 0.25) is 0 Å². The van der Waals surface area contributed by atoms with Crippen LogP contribution >= 0.6 is 45.1 Å². The van der Waals surface area contributed by atoms with Gasteiger partial charge in [0.15, 0.2) is 0 Å². The molecule has 0 unspecified atom stereocenters. The van der Waals surface area contributed by atoms with E-state index in [-0.39, 0.29) is 0 Å². The van der Waals surface area contributed by atoms with E-state index in [2.05, 4.69) is 15.8 Å². The van der Waals surface area contributed by atoms with Crippen molar-refractivity contribution < 1.29 is 3.98 Å². The first-order chi connectivity index (χ1) is 2.56. The first-order valence-corrected chi connectivity index (χ1v) is 6.18. The van der Waals surface area contributed by atoms with Crippen molar-refractivity contribution in [3.05, 3.63) is 0 Å². The minimum atomic E-state index is -2.95. The second-order valence-electron chi connectivity index (χ2n) is 0.523. The molecule has 0 atom stereocenters. The molecule has 0 heterocycles. The van der Waals surface area contributed by atoms with Crippen LogP contribution in [-0.4, -0.2) is 6.25 Å². The molecule has 6 heavy (non-hydrogen) atoms. The van der Waals surface area contributed by atoms with Crippen LogP contribution in [0.15, 0.2) is 0 Å². The molecular weight excluding hydrogens is 186 g/mol. The summed E-state index contributed by atoms with van der Waals surface area (Å²) in [6.45, 7) is 0. The molecule has 0 saturated carbocycles. The molecule has 0 spiro atoms. The maximum absolute atomic E-state index is 5.03. The molecule has 0 aromatic heterocycles. The number of rotatable bonds is 1. The predicted molar refractivity (Wildman–Crippen MR) is 30.3 cm³/mol. The van der Waals surface area contributed by atoms with Crippen molar-refractivity contribution in [2.24, 2.45) is 0 Å². The van der Waals surface area contributed by atoms with Gasteiger partial charge in [-0.05, 0) is 0 Å². The minimum absolute atomic E-state index is 2.95. The Hall–Kier alpha value is 1.34. The molecule has 0 saturated heterocycles. The van der Waals surface area contributed by atoms with Crippen molar-refractivity contribution in [2.75, 3.05) is 0 Å². The van der Waals surface area contributed by atoms with Gasteiger partial charge >= 0.3 is 6.25 Å². The van der Waals surface area contributed by atoms with Crippen molar-refractivity contribution >= 4 is 51.3 Å². The van der Waals surface area contributed by atoms with E-state index in [1.165, 1.54) is 0 Å². The standard InChI is InChI=1S/Cl4OSi/c1-5-6(2,3)4. The van der Waals surface area contributed by atoms with Gasteiger partial charge in [0, 0.05) is 0 Å². The fourth-order valence-corrected chi connectivity index (χ4v) is 0. The molecule has 0 amide bonds. The van der Waals surface area contributed by atoms with Crippen LogP contribution in [0.2, 0.25) is 0 Å². The Morgan fingerprint density at radius 3 is 1.33 bits per heavy atom. The molecule has 0 bridgehead atoms. The van der Waals surface area contributed by atoms with Gasteiger partial charge in [-0.2, -0.15) is 0 Å². The van der Waals surface area contributed by atoms with Crippen LogP contribution in [-0.2, 0) is 3.98 Å². The summed E-state index contributed by atoms with van der Waals surface area (Å²) in [6, 6.07) is 0. The lowest BCUT2D eigenvalue weighted by molar-refractivity contribution is 0.670. The van der Waals surface area contributed by atoms with Gasteiger partial charge < -0.3 is 0 Å². The second-order valence-corrected chi connectivity index (χ2v) is 8.56. The predicted octanol–water partition coefficient (Wildman–Crippen LogP) is 2.31. The number of hydrogen-bond acceptors (Lipinski definition) is 1. The summed E-state index contributed by atoms with van der Waals surface area (Å²) < 4.78 is 3.84. The van der Waals surface area contributed by atoms with Gasteiger partial charge in [-0.15, -0.1) is 0 Å². The summed E-state index contributed by atoms with van der Waals surface area (Å²) in [5.41, 5.74) is 0. The lowest BCUT2D eigenvalue weighted by atomic mass is 15.9. The topological polar surface area (TPSA) is 9.23 Å². The van der Waals surface area contributed by atoms with Crippen molar-refractivity contribution in [3.8, 4) is 0 Å². The second kappa shape index (κ2) is 2.60. The van der Waals surface area contributed by atoms with Gasteiger partial charge in [0.25, 0.3) is 0 Å². The summed E-state index contributed by atoms with van der Waals surface area (Å²) in [5, 5.41) is 0. The fraction of sp³-hybridized carbons (Fsp3) is 0. The Labute approximate surface area is 55.5 Å². The molecule has 0 aromatic rings. The summed E-state index contributed by atoms with van der Waals surface area (Å²) in [4.78, 5) is 0. The molecule has 6 heteroatoms. The van der Waals surface area contributed by atoms with Crippen LogP contribution in [0.5, 0.6) is 0 Å². The summed E-state index contributed by atoms with van der Waals surface area (Å²) in [5.74, 6) is 0. The third kappa shape index (κ3) is 5.34. The number of hydrogen-bond donors (Lipinski definition) is 0. The van der Waals surface area contributed by atoms with Crippen LogP contribution in [0.4, 0.5) is 0 Å². The fourth-order valence-electron chi connectivity index (χ4n) is 0. The van der Waals surface area contributed by atoms with E-state index in [0.717, 1.165) is 0 Å². The van der Waals surface area contributed by atoms with Crippen LogP contribution < -0.4 is 0 Å². The normalized spacial score (nSPS) is 12.0. The van der Waals surface area contributed by atoms with Crippen LogP contribution in [0.25, 0.3) is 0 Å². The van der Waals surface area contributed by atoms with Crippen molar-refractivity contribution in [1.29, 1.82) is 0 Å². The van der Waals surface area contributed by atoms with E-state index in [4.69, 9.17) is 33.2 Å². The molecule has 38 valence electrons. The Morgan fingerprint density at radius 2 is 1.33 bits per heavy atom. The third-order valence-electron chi connectivity index (χ3n) is 0.0875. The first-order valence-electron chi connectivity index (χ1n) is 0.925. The van der Waals surface area contributed by atoms with Gasteiger partial charge in [-0.3, -0.25) is 3.98 Å². The summed E-state index contributed by atoms with van der Waals surface area (Å²) >= 11 is 19.7. The van der Waals surface area contributed by atoms with E-state index in [1.54, 1.807) is 0 Å². The zero-order chi connectivity index (χ0) is 5.21. The van der Waals surface area contributed by atoms with Crippen LogP contribution in [0.1, 0.15) is 0 Å². The Bertz CT molecular complexity index is 37.3. The Morgan fingerprint density at radius 1 is 1.17 bits per heavy atom. The largest absolute Gasteiger partial charge is 0.510 e. The maximum atomic E-state index is 5.03.